The molecule has 0 spiro atoms. The number of hydrogen-bond donors (Lipinski definition) is 1. The molecule has 0 bridgehead atoms. The van der Waals surface area contributed by atoms with Crippen molar-refractivity contribution in [1.29, 1.82) is 0 Å². The van der Waals surface area contributed by atoms with E-state index < -0.39 is 0 Å². The highest BCUT2D eigenvalue weighted by Gasteiger charge is 2.06. The molecule has 0 fully saturated rings. The maximum atomic E-state index is 11.6. The number of hydrogen-bond acceptors (Lipinski definition) is 1. The molecular formula is C17H24N2O. The maximum absolute atomic E-state index is 11.6. The molecule has 0 atom stereocenters. The molecule has 1 aromatic carbocycles. The van der Waals surface area contributed by atoms with Crippen LogP contribution < -0.4 is 5.32 Å². The minimum absolute atomic E-state index is 0.161. The molecule has 0 aliphatic rings. The van der Waals surface area contributed by atoms with Crippen molar-refractivity contribution in [2.75, 3.05) is 6.54 Å². The minimum Gasteiger partial charge on any atom is -0.356 e. The van der Waals surface area contributed by atoms with Crippen molar-refractivity contribution in [2.24, 2.45) is 5.92 Å². The van der Waals surface area contributed by atoms with Crippen LogP contribution in [0.4, 0.5) is 0 Å². The quantitative estimate of drug-likeness (QED) is 0.802. The van der Waals surface area contributed by atoms with Crippen LogP contribution >= 0.6 is 0 Å². The van der Waals surface area contributed by atoms with E-state index in [1.807, 2.05) is 0 Å². The third-order valence-corrected chi connectivity index (χ3v) is 3.49. The normalized spacial score (nSPS) is 11.2. The molecule has 20 heavy (non-hydrogen) atoms. The summed E-state index contributed by atoms with van der Waals surface area (Å²) in [6.45, 7) is 7.96. The van der Waals surface area contributed by atoms with Gasteiger partial charge in [0.1, 0.15) is 0 Å². The molecular weight excluding hydrogens is 248 g/mol. The molecule has 0 radical (unpaired) electrons. The Bertz CT molecular complexity index is 584. The van der Waals surface area contributed by atoms with E-state index in [1.165, 1.54) is 16.6 Å². The molecule has 108 valence electrons. The molecule has 1 aromatic heterocycles. The lowest BCUT2D eigenvalue weighted by atomic mass is 10.1. The standard InChI is InChI=1S/C17H24N2O/c1-13(2)11-17(20)18-9-6-10-19-14(3)12-15-7-4-5-8-16(15)19/h4-5,7-8,12-13H,6,9-11H2,1-3H3,(H,18,20). The number of carbonyl (C=O) groups is 1. The van der Waals surface area contributed by atoms with E-state index in [4.69, 9.17) is 0 Å². The summed E-state index contributed by atoms with van der Waals surface area (Å²) in [4.78, 5) is 11.6. The number of carbonyl (C=O) groups excluding carboxylic acids is 1. The number of para-hydroxylation sites is 1. The van der Waals surface area contributed by atoms with Crippen LogP contribution in [0.1, 0.15) is 32.4 Å². The lowest BCUT2D eigenvalue weighted by molar-refractivity contribution is -0.121. The van der Waals surface area contributed by atoms with Crippen molar-refractivity contribution < 1.29 is 4.79 Å². The van der Waals surface area contributed by atoms with Gasteiger partial charge in [0.15, 0.2) is 0 Å². The molecule has 1 heterocycles. The lowest BCUT2D eigenvalue weighted by Gasteiger charge is -2.10. The first-order valence-electron chi connectivity index (χ1n) is 7.39. The molecule has 2 aromatic rings. The van der Waals surface area contributed by atoms with Crippen molar-refractivity contribution in [3.63, 3.8) is 0 Å². The van der Waals surface area contributed by atoms with E-state index in [1.54, 1.807) is 0 Å². The molecule has 0 saturated heterocycles. The Labute approximate surface area is 121 Å². The Hall–Kier alpha value is -1.77. The van der Waals surface area contributed by atoms with Crippen molar-refractivity contribution in [3.8, 4) is 0 Å². The van der Waals surface area contributed by atoms with Crippen LogP contribution in [-0.4, -0.2) is 17.0 Å². The Morgan fingerprint density at radius 1 is 1.30 bits per heavy atom. The highest BCUT2D eigenvalue weighted by atomic mass is 16.1. The number of nitrogens with zero attached hydrogens (tertiary/aromatic N) is 1. The van der Waals surface area contributed by atoms with Gasteiger partial charge in [0.2, 0.25) is 5.91 Å². The predicted octanol–water partition coefficient (Wildman–Crippen LogP) is 3.50. The van der Waals surface area contributed by atoms with Crippen LogP contribution in [0.2, 0.25) is 0 Å². The number of aryl methyl sites for hydroxylation is 2. The first-order chi connectivity index (χ1) is 9.58. The van der Waals surface area contributed by atoms with E-state index in [0.717, 1.165) is 19.5 Å². The van der Waals surface area contributed by atoms with Crippen LogP contribution in [-0.2, 0) is 11.3 Å². The fraction of sp³-hybridized carbons (Fsp3) is 0.471. The molecule has 3 nitrogen and oxygen atoms in total. The van der Waals surface area contributed by atoms with E-state index >= 15 is 0 Å². The van der Waals surface area contributed by atoms with Crippen molar-refractivity contribution in [1.82, 2.24) is 9.88 Å². The van der Waals surface area contributed by atoms with E-state index in [0.29, 0.717) is 12.3 Å². The van der Waals surface area contributed by atoms with Gasteiger partial charge in [0.05, 0.1) is 0 Å². The van der Waals surface area contributed by atoms with Gasteiger partial charge in [0, 0.05) is 30.7 Å². The third kappa shape index (κ3) is 3.62. The van der Waals surface area contributed by atoms with Crippen LogP contribution in [0.25, 0.3) is 10.9 Å². The Kier molecular flexibility index (Phi) is 4.83. The molecule has 3 heteroatoms. The summed E-state index contributed by atoms with van der Waals surface area (Å²) in [5.41, 5.74) is 2.55. The fourth-order valence-electron chi connectivity index (χ4n) is 2.55. The zero-order chi connectivity index (χ0) is 14.5. The second-order valence-electron chi connectivity index (χ2n) is 5.80. The molecule has 2 rings (SSSR count). The largest absolute Gasteiger partial charge is 0.356 e. The molecule has 0 aliphatic carbocycles. The second kappa shape index (κ2) is 6.60. The predicted molar refractivity (Wildman–Crippen MR) is 83.8 cm³/mol. The highest BCUT2D eigenvalue weighted by Crippen LogP contribution is 2.19. The average Bonchev–Trinajstić information content (AvgIpc) is 2.70. The van der Waals surface area contributed by atoms with Crippen LogP contribution in [0, 0.1) is 12.8 Å². The summed E-state index contributed by atoms with van der Waals surface area (Å²) in [6, 6.07) is 10.6. The van der Waals surface area contributed by atoms with Crippen LogP contribution in [0.15, 0.2) is 30.3 Å². The SMILES string of the molecule is Cc1cc2ccccc2n1CCCNC(=O)CC(C)C. The zero-order valence-electron chi connectivity index (χ0n) is 12.6. The number of amides is 1. The van der Waals surface area contributed by atoms with Gasteiger partial charge in [-0.1, -0.05) is 32.0 Å². The van der Waals surface area contributed by atoms with Crippen molar-refractivity contribution in [2.45, 2.75) is 40.2 Å². The Morgan fingerprint density at radius 3 is 2.80 bits per heavy atom. The van der Waals surface area contributed by atoms with Gasteiger partial charge < -0.3 is 9.88 Å². The van der Waals surface area contributed by atoms with E-state index in [9.17, 15) is 4.79 Å². The summed E-state index contributed by atoms with van der Waals surface area (Å²) in [5, 5.41) is 4.28. The number of nitrogens with one attached hydrogen (secondary N) is 1. The second-order valence-corrected chi connectivity index (χ2v) is 5.80. The average molecular weight is 272 g/mol. The Morgan fingerprint density at radius 2 is 2.05 bits per heavy atom. The van der Waals surface area contributed by atoms with Crippen molar-refractivity contribution in [3.05, 3.63) is 36.0 Å². The minimum atomic E-state index is 0.161. The van der Waals surface area contributed by atoms with Gasteiger partial charge in [-0.05, 0) is 36.8 Å². The zero-order valence-corrected chi connectivity index (χ0v) is 12.6. The van der Waals surface area contributed by atoms with Crippen molar-refractivity contribution >= 4 is 16.8 Å². The topological polar surface area (TPSA) is 34.0 Å². The lowest BCUT2D eigenvalue weighted by Crippen LogP contribution is -2.26. The van der Waals surface area contributed by atoms with E-state index in [-0.39, 0.29) is 5.91 Å². The molecule has 0 aliphatic heterocycles. The summed E-state index contributed by atoms with van der Waals surface area (Å²) < 4.78 is 2.32. The summed E-state index contributed by atoms with van der Waals surface area (Å²) in [7, 11) is 0. The number of rotatable bonds is 6. The first kappa shape index (κ1) is 14.6. The van der Waals surface area contributed by atoms with Gasteiger partial charge >= 0.3 is 0 Å². The fourth-order valence-corrected chi connectivity index (χ4v) is 2.55. The Balaban J connectivity index is 1.87. The van der Waals surface area contributed by atoms with Crippen LogP contribution in [0.5, 0.6) is 0 Å². The molecule has 1 N–H and O–H groups in total. The number of benzene rings is 1. The number of fused-ring (bicyclic) bond motifs is 1. The van der Waals surface area contributed by atoms with Gasteiger partial charge in [-0.2, -0.15) is 0 Å². The van der Waals surface area contributed by atoms with Gasteiger partial charge in [0.25, 0.3) is 0 Å². The smallest absolute Gasteiger partial charge is 0.220 e. The summed E-state index contributed by atoms with van der Waals surface area (Å²) in [6.07, 6.45) is 1.58. The first-order valence-corrected chi connectivity index (χ1v) is 7.39. The van der Waals surface area contributed by atoms with Gasteiger partial charge in [-0.25, -0.2) is 0 Å². The monoisotopic (exact) mass is 272 g/mol. The van der Waals surface area contributed by atoms with Gasteiger partial charge in [-0.3, -0.25) is 4.79 Å². The summed E-state index contributed by atoms with van der Waals surface area (Å²) >= 11 is 0. The highest BCUT2D eigenvalue weighted by molar-refractivity contribution is 5.81. The van der Waals surface area contributed by atoms with Gasteiger partial charge in [-0.15, -0.1) is 0 Å². The van der Waals surface area contributed by atoms with Crippen LogP contribution in [0.3, 0.4) is 0 Å². The molecule has 0 unspecified atom stereocenters. The number of aromatic nitrogens is 1. The third-order valence-electron chi connectivity index (χ3n) is 3.49. The van der Waals surface area contributed by atoms with E-state index in [2.05, 4.69) is 61.0 Å². The summed E-state index contributed by atoms with van der Waals surface area (Å²) in [5.74, 6) is 0.583. The molecule has 1 amide bonds. The maximum Gasteiger partial charge on any atom is 0.220 e. The molecule has 0 saturated carbocycles.